The van der Waals surface area contributed by atoms with Crippen molar-refractivity contribution < 1.29 is 19.4 Å². The second-order valence-corrected chi connectivity index (χ2v) is 3.77. The van der Waals surface area contributed by atoms with Gasteiger partial charge in [-0.1, -0.05) is 0 Å². The maximum absolute atomic E-state index is 11.6. The quantitative estimate of drug-likeness (QED) is 0.662. The van der Waals surface area contributed by atoms with Gasteiger partial charge >= 0.3 is 5.97 Å². The molecular weight excluding hydrogens is 252 g/mol. The minimum atomic E-state index is -1.12. The predicted molar refractivity (Wildman–Crippen MR) is 66.7 cm³/mol. The highest BCUT2D eigenvalue weighted by molar-refractivity contribution is 5.81. The van der Waals surface area contributed by atoms with Crippen molar-refractivity contribution in [2.24, 2.45) is 0 Å². The second kappa shape index (κ2) is 7.27. The molecule has 0 aliphatic rings. The molecule has 19 heavy (non-hydrogen) atoms. The lowest BCUT2D eigenvalue weighted by atomic mass is 10.3. The van der Waals surface area contributed by atoms with E-state index in [-0.39, 0.29) is 19.0 Å². The van der Waals surface area contributed by atoms with Crippen LogP contribution in [0.1, 0.15) is 0 Å². The maximum Gasteiger partial charge on any atom is 0.334 e. The third-order valence-electron chi connectivity index (χ3n) is 2.32. The lowest BCUT2D eigenvalue weighted by Crippen LogP contribution is -2.42. The van der Waals surface area contributed by atoms with Crippen molar-refractivity contribution in [1.82, 2.24) is 15.3 Å². The Labute approximate surface area is 110 Å². The first kappa shape index (κ1) is 14.8. The number of rotatable bonds is 7. The fourth-order valence-electron chi connectivity index (χ4n) is 1.31. The average Bonchev–Trinajstić information content (AvgIpc) is 2.40. The van der Waals surface area contributed by atoms with Gasteiger partial charge in [0.25, 0.3) is 0 Å². The summed E-state index contributed by atoms with van der Waals surface area (Å²) >= 11 is 0. The van der Waals surface area contributed by atoms with Crippen LogP contribution in [0.5, 0.6) is 0 Å². The summed E-state index contributed by atoms with van der Waals surface area (Å²) in [5, 5.41) is 11.2. The van der Waals surface area contributed by atoms with E-state index in [1.807, 2.05) is 0 Å². The van der Waals surface area contributed by atoms with E-state index in [0.29, 0.717) is 5.95 Å². The Morgan fingerprint density at radius 2 is 2.11 bits per heavy atom. The molecule has 0 aliphatic carbocycles. The molecule has 0 radical (unpaired) electrons. The largest absolute Gasteiger partial charge is 0.479 e. The van der Waals surface area contributed by atoms with Crippen molar-refractivity contribution >= 4 is 17.8 Å². The zero-order valence-electron chi connectivity index (χ0n) is 10.7. The molecule has 2 N–H and O–H groups in total. The molecule has 0 aromatic carbocycles. The van der Waals surface area contributed by atoms with Crippen LogP contribution in [0, 0.1) is 0 Å². The number of hydrogen-bond acceptors (Lipinski definition) is 6. The van der Waals surface area contributed by atoms with Gasteiger partial charge in [0.15, 0.2) is 6.10 Å². The van der Waals surface area contributed by atoms with Gasteiger partial charge in [-0.15, -0.1) is 0 Å². The van der Waals surface area contributed by atoms with E-state index in [2.05, 4.69) is 15.3 Å². The summed E-state index contributed by atoms with van der Waals surface area (Å²) in [6, 6.07) is 1.67. The molecule has 0 saturated heterocycles. The summed E-state index contributed by atoms with van der Waals surface area (Å²) in [5.74, 6) is -1.04. The van der Waals surface area contributed by atoms with Crippen LogP contribution in [-0.2, 0) is 14.3 Å². The number of carbonyl (C=O) groups is 2. The number of aromatic nitrogens is 2. The number of ether oxygens (including phenoxy) is 1. The summed E-state index contributed by atoms with van der Waals surface area (Å²) < 4.78 is 4.70. The number of amides is 1. The van der Waals surface area contributed by atoms with E-state index in [1.165, 1.54) is 7.11 Å². The summed E-state index contributed by atoms with van der Waals surface area (Å²) in [6.45, 7) is -0.0613. The average molecular weight is 268 g/mol. The van der Waals surface area contributed by atoms with E-state index >= 15 is 0 Å². The van der Waals surface area contributed by atoms with Gasteiger partial charge in [-0.05, 0) is 6.07 Å². The molecule has 0 fully saturated rings. The molecule has 0 aliphatic heterocycles. The van der Waals surface area contributed by atoms with Crippen molar-refractivity contribution in [3.63, 3.8) is 0 Å². The van der Waals surface area contributed by atoms with E-state index in [0.717, 1.165) is 0 Å². The van der Waals surface area contributed by atoms with Crippen molar-refractivity contribution in [3.8, 4) is 0 Å². The van der Waals surface area contributed by atoms with Crippen LogP contribution >= 0.6 is 0 Å². The number of anilines is 1. The monoisotopic (exact) mass is 268 g/mol. The minimum Gasteiger partial charge on any atom is -0.479 e. The van der Waals surface area contributed by atoms with Crippen LogP contribution in [0.15, 0.2) is 18.5 Å². The zero-order chi connectivity index (χ0) is 14.3. The van der Waals surface area contributed by atoms with Crippen LogP contribution in [0.4, 0.5) is 5.95 Å². The molecule has 1 unspecified atom stereocenters. The minimum absolute atomic E-state index is 0.0278. The SMILES string of the molecule is COC(CNC(=O)CN(C)c1ncccn1)C(=O)O. The molecular formula is C11H16N4O4. The number of nitrogens with one attached hydrogen (secondary N) is 1. The van der Waals surface area contributed by atoms with Gasteiger partial charge in [0.05, 0.1) is 13.1 Å². The van der Waals surface area contributed by atoms with Crippen LogP contribution < -0.4 is 10.2 Å². The molecule has 0 bridgehead atoms. The van der Waals surface area contributed by atoms with Gasteiger partial charge in [0, 0.05) is 26.6 Å². The molecule has 1 rings (SSSR count). The second-order valence-electron chi connectivity index (χ2n) is 3.77. The van der Waals surface area contributed by atoms with Crippen molar-refractivity contribution in [3.05, 3.63) is 18.5 Å². The van der Waals surface area contributed by atoms with E-state index in [1.54, 1.807) is 30.4 Å². The molecule has 1 aromatic heterocycles. The third kappa shape index (κ3) is 4.88. The predicted octanol–water partition coefficient (Wildman–Crippen LogP) is -0.871. The van der Waals surface area contributed by atoms with E-state index < -0.39 is 12.1 Å². The summed E-state index contributed by atoms with van der Waals surface area (Å²) in [6.07, 6.45) is 2.09. The molecule has 1 amide bonds. The molecule has 8 nitrogen and oxygen atoms in total. The standard InChI is InChI=1S/C11H16N4O4/c1-15(11-12-4-3-5-13-11)7-9(16)14-6-8(19-2)10(17)18/h3-5,8H,6-7H2,1-2H3,(H,14,16)(H,17,18). The fourth-order valence-corrected chi connectivity index (χ4v) is 1.31. The zero-order valence-corrected chi connectivity index (χ0v) is 10.7. The van der Waals surface area contributed by atoms with Crippen molar-refractivity contribution in [2.75, 3.05) is 32.1 Å². The molecule has 8 heteroatoms. The smallest absolute Gasteiger partial charge is 0.334 e. The summed E-state index contributed by atoms with van der Waals surface area (Å²) in [5.41, 5.74) is 0. The highest BCUT2D eigenvalue weighted by atomic mass is 16.5. The van der Waals surface area contributed by atoms with Crippen molar-refractivity contribution in [2.45, 2.75) is 6.10 Å². The Hall–Kier alpha value is -2.22. The Morgan fingerprint density at radius 1 is 1.47 bits per heavy atom. The first-order valence-electron chi connectivity index (χ1n) is 5.55. The normalized spacial score (nSPS) is 11.7. The lowest BCUT2D eigenvalue weighted by Gasteiger charge is -2.17. The topological polar surface area (TPSA) is 105 Å². The fraction of sp³-hybridized carbons (Fsp3) is 0.455. The van der Waals surface area contributed by atoms with Crippen LogP contribution in [-0.4, -0.2) is 60.3 Å². The maximum atomic E-state index is 11.6. The van der Waals surface area contributed by atoms with Crippen LogP contribution in [0.3, 0.4) is 0 Å². The first-order valence-corrected chi connectivity index (χ1v) is 5.55. The summed E-state index contributed by atoms with van der Waals surface area (Å²) in [4.78, 5) is 31.8. The Morgan fingerprint density at radius 3 is 2.63 bits per heavy atom. The Balaban J connectivity index is 2.41. The number of hydrogen-bond donors (Lipinski definition) is 2. The van der Waals surface area contributed by atoms with Gasteiger partial charge in [0.2, 0.25) is 11.9 Å². The van der Waals surface area contributed by atoms with Gasteiger partial charge in [-0.3, -0.25) is 4.79 Å². The number of aliphatic carboxylic acids is 1. The van der Waals surface area contributed by atoms with Gasteiger partial charge in [-0.25, -0.2) is 14.8 Å². The number of likely N-dealkylation sites (N-methyl/N-ethyl adjacent to an activating group) is 1. The Bertz CT molecular complexity index is 426. The highest BCUT2D eigenvalue weighted by Crippen LogP contribution is 2.00. The van der Waals surface area contributed by atoms with Crippen LogP contribution in [0.2, 0.25) is 0 Å². The van der Waals surface area contributed by atoms with E-state index in [9.17, 15) is 9.59 Å². The van der Waals surface area contributed by atoms with Crippen LogP contribution in [0.25, 0.3) is 0 Å². The van der Waals surface area contributed by atoms with Crippen molar-refractivity contribution in [1.29, 1.82) is 0 Å². The molecule has 1 atom stereocenters. The highest BCUT2D eigenvalue weighted by Gasteiger charge is 2.17. The number of nitrogens with zero attached hydrogens (tertiary/aromatic N) is 3. The number of carboxylic acids is 1. The number of methoxy groups -OCH3 is 1. The molecule has 0 spiro atoms. The molecule has 104 valence electrons. The first-order chi connectivity index (χ1) is 9.04. The third-order valence-corrected chi connectivity index (χ3v) is 2.32. The van der Waals surface area contributed by atoms with Gasteiger partial charge in [0.1, 0.15) is 0 Å². The number of carbonyl (C=O) groups excluding carboxylic acids is 1. The molecule has 1 heterocycles. The van der Waals surface area contributed by atoms with E-state index in [4.69, 9.17) is 9.84 Å². The molecule has 1 aromatic rings. The lowest BCUT2D eigenvalue weighted by molar-refractivity contribution is -0.148. The Kier molecular flexibility index (Phi) is 5.68. The number of carboxylic acid groups (broad SMARTS) is 1. The van der Waals surface area contributed by atoms with Gasteiger partial charge in [-0.2, -0.15) is 0 Å². The van der Waals surface area contributed by atoms with Gasteiger partial charge < -0.3 is 20.1 Å². The molecule has 0 saturated carbocycles. The summed E-state index contributed by atoms with van der Waals surface area (Å²) in [7, 11) is 2.94.